The van der Waals surface area contributed by atoms with Crippen molar-refractivity contribution in [3.63, 3.8) is 0 Å². The lowest BCUT2D eigenvalue weighted by Gasteiger charge is -2.08. The molecule has 0 atom stereocenters. The van der Waals surface area contributed by atoms with Gasteiger partial charge in [0.2, 0.25) is 0 Å². The van der Waals surface area contributed by atoms with Crippen molar-refractivity contribution in [3.8, 4) is 0 Å². The maximum absolute atomic E-state index is 13.2. The van der Waals surface area contributed by atoms with E-state index >= 15 is 0 Å². The van der Waals surface area contributed by atoms with E-state index in [0.717, 1.165) is 12.0 Å². The van der Waals surface area contributed by atoms with Gasteiger partial charge in [0.15, 0.2) is 5.78 Å². The number of rotatable bonds is 4. The summed E-state index contributed by atoms with van der Waals surface area (Å²) in [5.41, 5.74) is 2.21. The van der Waals surface area contributed by atoms with E-state index in [-0.39, 0.29) is 18.0 Å². The molecule has 98 valence electrons. The summed E-state index contributed by atoms with van der Waals surface area (Å²) in [5, 5.41) is 0.420. The molecule has 0 bridgehead atoms. The molecule has 2 aromatic carbocycles. The molecule has 0 unspecified atom stereocenters. The van der Waals surface area contributed by atoms with Gasteiger partial charge in [-0.25, -0.2) is 4.39 Å². The Hall–Kier alpha value is -1.67. The van der Waals surface area contributed by atoms with Gasteiger partial charge in [0, 0.05) is 17.0 Å². The van der Waals surface area contributed by atoms with Crippen molar-refractivity contribution in [3.05, 3.63) is 70.0 Å². The molecule has 0 N–H and O–H groups in total. The van der Waals surface area contributed by atoms with Crippen LogP contribution in [0.15, 0.2) is 42.5 Å². The standard InChI is InChI=1S/C16H14ClFO/c1-2-11-5-3-4-6-14(11)16(19)10-12-9-13(18)7-8-15(12)17/h3-9H,2,10H2,1H3. The predicted molar refractivity (Wildman–Crippen MR) is 75.3 cm³/mol. The van der Waals surface area contributed by atoms with Crippen LogP contribution >= 0.6 is 11.6 Å². The van der Waals surface area contributed by atoms with Gasteiger partial charge in [-0.2, -0.15) is 0 Å². The molecular weight excluding hydrogens is 263 g/mol. The van der Waals surface area contributed by atoms with Crippen LogP contribution < -0.4 is 0 Å². The molecule has 0 aromatic heterocycles. The van der Waals surface area contributed by atoms with Gasteiger partial charge in [0.05, 0.1) is 0 Å². The molecule has 0 spiro atoms. The summed E-state index contributed by atoms with van der Waals surface area (Å²) in [7, 11) is 0. The fourth-order valence-corrected chi connectivity index (χ4v) is 2.23. The van der Waals surface area contributed by atoms with Crippen LogP contribution in [0.25, 0.3) is 0 Å². The normalized spacial score (nSPS) is 10.5. The molecule has 0 heterocycles. The average Bonchev–Trinajstić information content (AvgIpc) is 2.42. The third-order valence-electron chi connectivity index (χ3n) is 3.06. The molecule has 0 aliphatic rings. The van der Waals surface area contributed by atoms with Gasteiger partial charge in [-0.1, -0.05) is 42.8 Å². The molecule has 0 aliphatic carbocycles. The zero-order valence-electron chi connectivity index (χ0n) is 10.6. The van der Waals surface area contributed by atoms with Crippen LogP contribution in [-0.2, 0) is 12.8 Å². The van der Waals surface area contributed by atoms with Gasteiger partial charge in [0.1, 0.15) is 5.82 Å². The molecule has 0 amide bonds. The summed E-state index contributed by atoms with van der Waals surface area (Å²) in [4.78, 5) is 12.3. The lowest BCUT2D eigenvalue weighted by atomic mass is 9.97. The Morgan fingerprint density at radius 3 is 2.63 bits per heavy atom. The highest BCUT2D eigenvalue weighted by Crippen LogP contribution is 2.20. The number of carbonyl (C=O) groups excluding carboxylic acids is 1. The minimum absolute atomic E-state index is 0.0371. The summed E-state index contributed by atoms with van der Waals surface area (Å²) in [6, 6.07) is 11.6. The van der Waals surface area contributed by atoms with Crippen molar-refractivity contribution in [1.82, 2.24) is 0 Å². The van der Waals surface area contributed by atoms with Crippen molar-refractivity contribution in [2.75, 3.05) is 0 Å². The molecule has 1 nitrogen and oxygen atoms in total. The number of benzene rings is 2. The summed E-state index contributed by atoms with van der Waals surface area (Å²) in [6.45, 7) is 2.00. The highest BCUT2D eigenvalue weighted by molar-refractivity contribution is 6.31. The van der Waals surface area contributed by atoms with Crippen LogP contribution in [0.5, 0.6) is 0 Å². The van der Waals surface area contributed by atoms with E-state index in [2.05, 4.69) is 0 Å². The van der Waals surface area contributed by atoms with Crippen LogP contribution in [0, 0.1) is 5.82 Å². The summed E-state index contributed by atoms with van der Waals surface area (Å²) < 4.78 is 13.2. The number of carbonyl (C=O) groups is 1. The summed E-state index contributed by atoms with van der Waals surface area (Å²) in [5.74, 6) is -0.416. The predicted octanol–water partition coefficient (Wildman–Crippen LogP) is 4.47. The van der Waals surface area contributed by atoms with E-state index in [1.807, 2.05) is 25.1 Å². The summed E-state index contributed by atoms with van der Waals surface area (Å²) in [6.07, 6.45) is 0.909. The number of ketones is 1. The van der Waals surface area contributed by atoms with Crippen molar-refractivity contribution in [2.45, 2.75) is 19.8 Å². The lowest BCUT2D eigenvalue weighted by Crippen LogP contribution is -2.07. The van der Waals surface area contributed by atoms with Crippen LogP contribution in [-0.4, -0.2) is 5.78 Å². The maximum atomic E-state index is 13.2. The van der Waals surface area contributed by atoms with Crippen molar-refractivity contribution in [2.24, 2.45) is 0 Å². The number of hydrogen-bond acceptors (Lipinski definition) is 1. The highest BCUT2D eigenvalue weighted by Gasteiger charge is 2.13. The van der Waals surface area contributed by atoms with E-state index in [0.29, 0.717) is 16.1 Å². The van der Waals surface area contributed by atoms with Crippen LogP contribution in [0.4, 0.5) is 4.39 Å². The van der Waals surface area contributed by atoms with E-state index in [4.69, 9.17) is 11.6 Å². The van der Waals surface area contributed by atoms with Crippen LogP contribution in [0.3, 0.4) is 0 Å². The zero-order valence-corrected chi connectivity index (χ0v) is 11.4. The van der Waals surface area contributed by atoms with E-state index in [1.165, 1.54) is 18.2 Å². The maximum Gasteiger partial charge on any atom is 0.167 e. The topological polar surface area (TPSA) is 17.1 Å². The van der Waals surface area contributed by atoms with Crippen molar-refractivity contribution < 1.29 is 9.18 Å². The van der Waals surface area contributed by atoms with E-state index in [9.17, 15) is 9.18 Å². The van der Waals surface area contributed by atoms with Crippen molar-refractivity contribution >= 4 is 17.4 Å². The molecule has 0 saturated heterocycles. The third-order valence-corrected chi connectivity index (χ3v) is 3.43. The molecule has 2 aromatic rings. The Kier molecular flexibility index (Phi) is 4.33. The Bertz CT molecular complexity index is 607. The smallest absolute Gasteiger partial charge is 0.167 e. The first kappa shape index (κ1) is 13.8. The Morgan fingerprint density at radius 1 is 1.16 bits per heavy atom. The van der Waals surface area contributed by atoms with Crippen molar-refractivity contribution in [1.29, 1.82) is 0 Å². The molecule has 0 saturated carbocycles. The average molecular weight is 277 g/mol. The Morgan fingerprint density at radius 2 is 1.89 bits per heavy atom. The molecule has 0 aliphatic heterocycles. The monoisotopic (exact) mass is 276 g/mol. The number of aryl methyl sites for hydroxylation is 1. The first-order valence-corrected chi connectivity index (χ1v) is 6.54. The zero-order chi connectivity index (χ0) is 13.8. The minimum Gasteiger partial charge on any atom is -0.294 e. The minimum atomic E-state index is -0.379. The van der Waals surface area contributed by atoms with Gasteiger partial charge in [-0.3, -0.25) is 4.79 Å². The van der Waals surface area contributed by atoms with Crippen LogP contribution in [0.2, 0.25) is 5.02 Å². The first-order valence-electron chi connectivity index (χ1n) is 6.17. The van der Waals surface area contributed by atoms with Gasteiger partial charge >= 0.3 is 0 Å². The highest BCUT2D eigenvalue weighted by atomic mass is 35.5. The third kappa shape index (κ3) is 3.21. The number of hydrogen-bond donors (Lipinski definition) is 0. The Labute approximate surface area is 117 Å². The van der Waals surface area contributed by atoms with E-state index in [1.54, 1.807) is 6.07 Å². The fourth-order valence-electron chi connectivity index (χ4n) is 2.05. The van der Waals surface area contributed by atoms with E-state index < -0.39 is 0 Å². The molecular formula is C16H14ClFO. The van der Waals surface area contributed by atoms with Crippen LogP contribution in [0.1, 0.15) is 28.4 Å². The molecule has 19 heavy (non-hydrogen) atoms. The van der Waals surface area contributed by atoms with Gasteiger partial charge in [-0.15, -0.1) is 0 Å². The molecule has 0 fully saturated rings. The number of Topliss-reactive ketones (excluding diaryl/α,β-unsaturated/α-hetero) is 1. The van der Waals surface area contributed by atoms with Gasteiger partial charge in [0.25, 0.3) is 0 Å². The fraction of sp³-hybridized carbons (Fsp3) is 0.188. The molecule has 3 heteroatoms. The van der Waals surface area contributed by atoms with Gasteiger partial charge < -0.3 is 0 Å². The second kappa shape index (κ2) is 5.98. The summed E-state index contributed by atoms with van der Waals surface area (Å²) >= 11 is 5.98. The second-order valence-corrected chi connectivity index (χ2v) is 4.75. The molecule has 2 rings (SSSR count). The second-order valence-electron chi connectivity index (χ2n) is 4.35. The Balaban J connectivity index is 2.28. The first-order chi connectivity index (χ1) is 9.11. The molecule has 0 radical (unpaired) electrons. The lowest BCUT2D eigenvalue weighted by molar-refractivity contribution is 0.0992. The largest absolute Gasteiger partial charge is 0.294 e. The van der Waals surface area contributed by atoms with Gasteiger partial charge in [-0.05, 0) is 35.7 Å². The SMILES string of the molecule is CCc1ccccc1C(=O)Cc1cc(F)ccc1Cl. The quantitative estimate of drug-likeness (QED) is 0.753. The number of halogens is 2.